The minimum absolute atomic E-state index is 0.128. The van der Waals surface area contributed by atoms with Gasteiger partial charge in [0.2, 0.25) is 0 Å². The quantitative estimate of drug-likeness (QED) is 0.457. The fraction of sp³-hybridized carbons (Fsp3) is 0.625. The Kier molecular flexibility index (Phi) is 5.40. The van der Waals surface area contributed by atoms with E-state index in [2.05, 4.69) is 18.4 Å². The van der Waals surface area contributed by atoms with Crippen LogP contribution in [-0.2, 0) is 4.74 Å². The van der Waals surface area contributed by atoms with E-state index in [0.717, 1.165) is 11.3 Å². The molecule has 1 aromatic carbocycles. The molecule has 1 fully saturated rings. The Bertz CT molecular complexity index is 417. The number of hydrogen-bond acceptors (Lipinski definition) is 4. The van der Waals surface area contributed by atoms with Crippen molar-refractivity contribution < 1.29 is 9.47 Å². The Labute approximate surface area is 121 Å². The summed E-state index contributed by atoms with van der Waals surface area (Å²) in [7, 11) is 1.68. The van der Waals surface area contributed by atoms with Crippen molar-refractivity contribution in [2.45, 2.75) is 38.6 Å². The Morgan fingerprint density at radius 3 is 2.60 bits per heavy atom. The van der Waals surface area contributed by atoms with Crippen LogP contribution in [0.5, 0.6) is 5.75 Å². The maximum atomic E-state index is 5.86. The van der Waals surface area contributed by atoms with Gasteiger partial charge in [-0.2, -0.15) is 0 Å². The molecule has 3 N–H and O–H groups in total. The number of nitrogens with one attached hydrogen (secondary N) is 1. The molecule has 4 nitrogen and oxygen atoms in total. The summed E-state index contributed by atoms with van der Waals surface area (Å²) in [5.74, 6) is 6.77. The van der Waals surface area contributed by atoms with Crippen LogP contribution in [0.3, 0.4) is 0 Å². The van der Waals surface area contributed by atoms with Crippen molar-refractivity contribution in [1.29, 1.82) is 0 Å². The third-order valence-corrected chi connectivity index (χ3v) is 4.38. The molecular weight excluding hydrogens is 252 g/mol. The molecule has 1 aliphatic rings. The molecule has 0 saturated heterocycles. The lowest BCUT2D eigenvalue weighted by atomic mass is 9.77. The first-order chi connectivity index (χ1) is 9.71. The number of rotatable bonds is 7. The normalized spacial score (nSPS) is 18.9. The SMILES string of the molecule is COCCOc1ccccc1C(NN)C1(C)CCCC1. The molecule has 1 aliphatic carbocycles. The van der Waals surface area contributed by atoms with Crippen LogP contribution < -0.4 is 16.0 Å². The topological polar surface area (TPSA) is 56.5 Å². The largest absolute Gasteiger partial charge is 0.491 e. The maximum absolute atomic E-state index is 5.86. The lowest BCUT2D eigenvalue weighted by molar-refractivity contribution is 0.143. The van der Waals surface area contributed by atoms with Gasteiger partial charge >= 0.3 is 0 Å². The highest BCUT2D eigenvalue weighted by Gasteiger charge is 2.38. The minimum Gasteiger partial charge on any atom is -0.491 e. The summed E-state index contributed by atoms with van der Waals surface area (Å²) in [4.78, 5) is 0. The number of benzene rings is 1. The van der Waals surface area contributed by atoms with Gasteiger partial charge in [-0.15, -0.1) is 0 Å². The maximum Gasteiger partial charge on any atom is 0.124 e. The number of nitrogens with two attached hydrogens (primary N) is 1. The Balaban J connectivity index is 2.20. The van der Waals surface area contributed by atoms with Crippen LogP contribution in [0.4, 0.5) is 0 Å². The zero-order valence-electron chi connectivity index (χ0n) is 12.5. The van der Waals surface area contributed by atoms with Crippen molar-refractivity contribution in [3.05, 3.63) is 29.8 Å². The van der Waals surface area contributed by atoms with Crippen LogP contribution in [0.1, 0.15) is 44.2 Å². The van der Waals surface area contributed by atoms with Gasteiger partial charge in [-0.25, -0.2) is 0 Å². The molecule has 1 unspecified atom stereocenters. The molecule has 0 spiro atoms. The number of hydrazine groups is 1. The predicted molar refractivity (Wildman–Crippen MR) is 80.5 cm³/mol. The van der Waals surface area contributed by atoms with E-state index in [1.807, 2.05) is 18.2 Å². The first-order valence-corrected chi connectivity index (χ1v) is 7.38. The smallest absolute Gasteiger partial charge is 0.124 e. The van der Waals surface area contributed by atoms with Crippen molar-refractivity contribution in [3.8, 4) is 5.75 Å². The van der Waals surface area contributed by atoms with Crippen molar-refractivity contribution in [2.75, 3.05) is 20.3 Å². The average Bonchev–Trinajstić information content (AvgIpc) is 2.89. The van der Waals surface area contributed by atoms with Crippen LogP contribution >= 0.6 is 0 Å². The minimum atomic E-state index is 0.128. The van der Waals surface area contributed by atoms with E-state index >= 15 is 0 Å². The van der Waals surface area contributed by atoms with Gasteiger partial charge in [0.1, 0.15) is 12.4 Å². The van der Waals surface area contributed by atoms with Gasteiger partial charge in [-0.3, -0.25) is 11.3 Å². The fourth-order valence-electron chi connectivity index (χ4n) is 3.22. The van der Waals surface area contributed by atoms with E-state index < -0.39 is 0 Å². The fourth-order valence-corrected chi connectivity index (χ4v) is 3.22. The molecular formula is C16H26N2O2. The third-order valence-electron chi connectivity index (χ3n) is 4.38. The second-order valence-corrected chi connectivity index (χ2v) is 5.84. The lowest BCUT2D eigenvalue weighted by Gasteiger charge is -2.34. The molecule has 1 atom stereocenters. The van der Waals surface area contributed by atoms with Crippen LogP contribution in [0.2, 0.25) is 0 Å². The van der Waals surface area contributed by atoms with Crippen molar-refractivity contribution in [3.63, 3.8) is 0 Å². The van der Waals surface area contributed by atoms with E-state index in [0.29, 0.717) is 13.2 Å². The van der Waals surface area contributed by atoms with Gasteiger partial charge in [-0.1, -0.05) is 38.0 Å². The number of hydrogen-bond donors (Lipinski definition) is 2. The summed E-state index contributed by atoms with van der Waals surface area (Å²) in [6, 6.07) is 8.28. The molecule has 1 saturated carbocycles. The Morgan fingerprint density at radius 2 is 1.95 bits per heavy atom. The van der Waals surface area contributed by atoms with E-state index in [1.165, 1.54) is 25.7 Å². The molecule has 0 radical (unpaired) electrons. The summed E-state index contributed by atoms with van der Waals surface area (Å²) in [6.07, 6.45) is 4.96. The van der Waals surface area contributed by atoms with Crippen LogP contribution in [0.25, 0.3) is 0 Å². The molecule has 1 aromatic rings. The van der Waals surface area contributed by atoms with Crippen molar-refractivity contribution in [1.82, 2.24) is 5.43 Å². The highest BCUT2D eigenvalue weighted by molar-refractivity contribution is 5.37. The van der Waals surface area contributed by atoms with Gasteiger partial charge in [-0.05, 0) is 24.3 Å². The number of ether oxygens (including phenoxy) is 2. The Hall–Kier alpha value is -1.10. The molecule has 0 aromatic heterocycles. The van der Waals surface area contributed by atoms with Crippen LogP contribution in [-0.4, -0.2) is 20.3 Å². The predicted octanol–water partition coefficient (Wildman–Crippen LogP) is 2.80. The molecule has 112 valence electrons. The second kappa shape index (κ2) is 7.07. The average molecular weight is 278 g/mol. The van der Waals surface area contributed by atoms with E-state index in [-0.39, 0.29) is 11.5 Å². The van der Waals surface area contributed by atoms with Crippen molar-refractivity contribution in [2.24, 2.45) is 11.3 Å². The van der Waals surface area contributed by atoms with E-state index in [4.69, 9.17) is 15.3 Å². The van der Waals surface area contributed by atoms with Crippen molar-refractivity contribution >= 4 is 0 Å². The summed E-state index contributed by atoms with van der Waals surface area (Å²) in [5.41, 5.74) is 4.37. The number of para-hydroxylation sites is 1. The molecule has 0 heterocycles. The van der Waals surface area contributed by atoms with Crippen LogP contribution in [0.15, 0.2) is 24.3 Å². The number of methoxy groups -OCH3 is 1. The highest BCUT2D eigenvalue weighted by Crippen LogP contribution is 2.48. The highest BCUT2D eigenvalue weighted by atomic mass is 16.5. The van der Waals surface area contributed by atoms with Gasteiger partial charge < -0.3 is 9.47 Å². The van der Waals surface area contributed by atoms with Gasteiger partial charge in [0, 0.05) is 12.7 Å². The third kappa shape index (κ3) is 3.32. The molecule has 20 heavy (non-hydrogen) atoms. The van der Waals surface area contributed by atoms with E-state index in [9.17, 15) is 0 Å². The standard InChI is InChI=1S/C16H26N2O2/c1-16(9-5-6-10-16)15(18-17)13-7-3-4-8-14(13)20-12-11-19-2/h3-4,7-8,15,18H,5-6,9-12,17H2,1-2H3. The first-order valence-electron chi connectivity index (χ1n) is 7.38. The van der Waals surface area contributed by atoms with Crippen LogP contribution in [0, 0.1) is 5.41 Å². The summed E-state index contributed by atoms with van der Waals surface area (Å²) >= 11 is 0. The van der Waals surface area contributed by atoms with Gasteiger partial charge in [0.05, 0.1) is 12.6 Å². The monoisotopic (exact) mass is 278 g/mol. The summed E-state index contributed by atoms with van der Waals surface area (Å²) in [5, 5.41) is 0. The summed E-state index contributed by atoms with van der Waals surface area (Å²) in [6.45, 7) is 3.46. The van der Waals surface area contributed by atoms with E-state index in [1.54, 1.807) is 7.11 Å². The molecule has 2 rings (SSSR count). The lowest BCUT2D eigenvalue weighted by Crippen LogP contribution is -2.38. The molecule has 0 aliphatic heterocycles. The second-order valence-electron chi connectivity index (χ2n) is 5.84. The molecule has 0 amide bonds. The molecule has 0 bridgehead atoms. The van der Waals surface area contributed by atoms with Gasteiger partial charge in [0.15, 0.2) is 0 Å². The zero-order valence-corrected chi connectivity index (χ0v) is 12.5. The van der Waals surface area contributed by atoms with Gasteiger partial charge in [0.25, 0.3) is 0 Å². The first kappa shape index (κ1) is 15.3. The Morgan fingerprint density at radius 1 is 1.25 bits per heavy atom. The summed E-state index contributed by atoms with van der Waals surface area (Å²) < 4.78 is 10.9. The molecule has 4 heteroatoms. The zero-order chi connectivity index (χ0) is 14.4.